The van der Waals surface area contributed by atoms with E-state index in [0.29, 0.717) is 18.1 Å². The van der Waals surface area contributed by atoms with Crippen LogP contribution in [0.4, 0.5) is 0 Å². The minimum atomic E-state index is 0.592. The van der Waals surface area contributed by atoms with Gasteiger partial charge in [-0.1, -0.05) is 47.5 Å². The van der Waals surface area contributed by atoms with Gasteiger partial charge in [-0.3, -0.25) is 4.90 Å². The smallest absolute Gasteiger partial charge is 0.0223 e. The van der Waals surface area contributed by atoms with E-state index in [0.717, 1.165) is 6.54 Å². The summed E-state index contributed by atoms with van der Waals surface area (Å²) in [7, 11) is 0. The second-order valence-corrected chi connectivity index (χ2v) is 5.85. The molecule has 0 aliphatic heterocycles. The van der Waals surface area contributed by atoms with Gasteiger partial charge in [0.15, 0.2) is 0 Å². The third-order valence-corrected chi connectivity index (χ3v) is 3.78. The van der Waals surface area contributed by atoms with Crippen LogP contribution in [0.1, 0.15) is 73.6 Å². The quantitative estimate of drug-likeness (QED) is 0.600. The van der Waals surface area contributed by atoms with Gasteiger partial charge in [0.2, 0.25) is 0 Å². The van der Waals surface area contributed by atoms with Gasteiger partial charge < -0.3 is 5.32 Å². The molecule has 110 valence electrons. The molecule has 0 aliphatic carbocycles. The zero-order valence-corrected chi connectivity index (χ0v) is 13.6. The first-order chi connectivity index (χ1) is 8.56. The molecule has 0 heterocycles. The van der Waals surface area contributed by atoms with Crippen molar-refractivity contribution in [1.29, 1.82) is 0 Å². The summed E-state index contributed by atoms with van der Waals surface area (Å²) in [5, 5.41) is 3.62. The molecule has 0 aromatic rings. The van der Waals surface area contributed by atoms with Crippen molar-refractivity contribution in [3.8, 4) is 0 Å². The molecule has 0 spiro atoms. The summed E-state index contributed by atoms with van der Waals surface area (Å²) in [6.45, 7) is 16.2. The van der Waals surface area contributed by atoms with Gasteiger partial charge in [0, 0.05) is 24.7 Å². The van der Waals surface area contributed by atoms with Crippen LogP contribution in [0.15, 0.2) is 0 Å². The van der Waals surface area contributed by atoms with Crippen LogP contribution in [0.3, 0.4) is 0 Å². The number of hydrogen-bond acceptors (Lipinski definition) is 2. The third kappa shape index (κ3) is 7.38. The Kier molecular flexibility index (Phi) is 10.8. The van der Waals surface area contributed by atoms with E-state index in [9.17, 15) is 0 Å². The van der Waals surface area contributed by atoms with E-state index in [4.69, 9.17) is 0 Å². The summed E-state index contributed by atoms with van der Waals surface area (Å²) in [5.74, 6) is 0. The highest BCUT2D eigenvalue weighted by molar-refractivity contribution is 4.78. The Labute approximate surface area is 116 Å². The van der Waals surface area contributed by atoms with Crippen LogP contribution >= 0.6 is 0 Å². The lowest BCUT2D eigenvalue weighted by atomic mass is 10.1. The van der Waals surface area contributed by atoms with Crippen LogP contribution in [-0.2, 0) is 0 Å². The highest BCUT2D eigenvalue weighted by atomic mass is 15.2. The SMILES string of the molecule is CCCCN(C(C)CC)C(CCC)CNC(C)C. The number of hydrogen-bond donors (Lipinski definition) is 1. The van der Waals surface area contributed by atoms with Gasteiger partial charge in [0.25, 0.3) is 0 Å². The molecule has 18 heavy (non-hydrogen) atoms. The summed E-state index contributed by atoms with van der Waals surface area (Å²) < 4.78 is 0. The summed E-state index contributed by atoms with van der Waals surface area (Å²) in [6.07, 6.45) is 6.47. The summed E-state index contributed by atoms with van der Waals surface area (Å²) in [5.41, 5.74) is 0. The topological polar surface area (TPSA) is 15.3 Å². The van der Waals surface area contributed by atoms with Crippen LogP contribution < -0.4 is 5.32 Å². The van der Waals surface area contributed by atoms with Gasteiger partial charge in [-0.2, -0.15) is 0 Å². The number of rotatable bonds is 11. The molecule has 2 atom stereocenters. The molecule has 2 heteroatoms. The van der Waals surface area contributed by atoms with Crippen molar-refractivity contribution in [2.24, 2.45) is 0 Å². The van der Waals surface area contributed by atoms with Gasteiger partial charge in [-0.25, -0.2) is 0 Å². The van der Waals surface area contributed by atoms with E-state index in [1.54, 1.807) is 0 Å². The van der Waals surface area contributed by atoms with Crippen LogP contribution in [0.2, 0.25) is 0 Å². The minimum Gasteiger partial charge on any atom is -0.313 e. The van der Waals surface area contributed by atoms with Crippen molar-refractivity contribution in [3.63, 3.8) is 0 Å². The Bertz CT molecular complexity index is 180. The second kappa shape index (κ2) is 10.8. The van der Waals surface area contributed by atoms with Crippen molar-refractivity contribution in [3.05, 3.63) is 0 Å². The van der Waals surface area contributed by atoms with E-state index in [-0.39, 0.29) is 0 Å². The number of unbranched alkanes of at least 4 members (excludes halogenated alkanes) is 1. The molecule has 1 N–H and O–H groups in total. The maximum Gasteiger partial charge on any atom is 0.0223 e. The van der Waals surface area contributed by atoms with Crippen LogP contribution in [0, 0.1) is 0 Å². The number of nitrogens with one attached hydrogen (secondary N) is 1. The highest BCUT2D eigenvalue weighted by Gasteiger charge is 2.21. The van der Waals surface area contributed by atoms with Crippen LogP contribution in [0.25, 0.3) is 0 Å². The van der Waals surface area contributed by atoms with Crippen molar-refractivity contribution >= 4 is 0 Å². The summed E-state index contributed by atoms with van der Waals surface area (Å²) >= 11 is 0. The van der Waals surface area contributed by atoms with Gasteiger partial charge in [0.05, 0.1) is 0 Å². The highest BCUT2D eigenvalue weighted by Crippen LogP contribution is 2.14. The van der Waals surface area contributed by atoms with Gasteiger partial charge >= 0.3 is 0 Å². The fourth-order valence-electron chi connectivity index (χ4n) is 2.43. The number of nitrogens with zero attached hydrogens (tertiary/aromatic N) is 1. The first-order valence-electron chi connectivity index (χ1n) is 8.05. The van der Waals surface area contributed by atoms with Crippen molar-refractivity contribution < 1.29 is 0 Å². The Morgan fingerprint density at radius 2 is 1.67 bits per heavy atom. The first kappa shape index (κ1) is 17.9. The molecule has 0 saturated heterocycles. The van der Waals surface area contributed by atoms with Gasteiger partial charge in [-0.05, 0) is 32.7 Å². The molecule has 0 bridgehead atoms. The Morgan fingerprint density at radius 3 is 2.11 bits per heavy atom. The average molecular weight is 256 g/mol. The first-order valence-corrected chi connectivity index (χ1v) is 8.05. The lowest BCUT2D eigenvalue weighted by Crippen LogP contribution is -2.48. The lowest BCUT2D eigenvalue weighted by molar-refractivity contribution is 0.125. The molecule has 0 aromatic carbocycles. The zero-order chi connectivity index (χ0) is 14.0. The molecule has 0 amide bonds. The summed E-state index contributed by atoms with van der Waals surface area (Å²) in [6, 6.07) is 2.01. The van der Waals surface area contributed by atoms with Crippen molar-refractivity contribution in [1.82, 2.24) is 10.2 Å². The molecular weight excluding hydrogens is 220 g/mol. The maximum absolute atomic E-state index is 3.62. The normalized spacial score (nSPS) is 15.3. The maximum atomic E-state index is 3.62. The van der Waals surface area contributed by atoms with E-state index in [2.05, 4.69) is 51.8 Å². The lowest BCUT2D eigenvalue weighted by Gasteiger charge is -2.37. The Morgan fingerprint density at radius 1 is 1.00 bits per heavy atom. The molecule has 0 fully saturated rings. The van der Waals surface area contributed by atoms with Crippen molar-refractivity contribution in [2.45, 2.75) is 91.8 Å². The third-order valence-electron chi connectivity index (χ3n) is 3.78. The average Bonchev–Trinajstić information content (AvgIpc) is 2.35. The summed E-state index contributed by atoms with van der Waals surface area (Å²) in [4.78, 5) is 2.74. The molecule has 0 aromatic heterocycles. The molecular formula is C16H36N2. The predicted octanol–water partition coefficient (Wildman–Crippen LogP) is 4.05. The fraction of sp³-hybridized carbons (Fsp3) is 1.00. The fourth-order valence-corrected chi connectivity index (χ4v) is 2.43. The van der Waals surface area contributed by atoms with Crippen molar-refractivity contribution in [2.75, 3.05) is 13.1 Å². The van der Waals surface area contributed by atoms with E-state index < -0.39 is 0 Å². The zero-order valence-electron chi connectivity index (χ0n) is 13.6. The minimum absolute atomic E-state index is 0.592. The molecule has 0 rings (SSSR count). The molecule has 2 nitrogen and oxygen atoms in total. The van der Waals surface area contributed by atoms with Gasteiger partial charge in [0.1, 0.15) is 0 Å². The standard InChI is InChI=1S/C16H36N2/c1-7-10-12-18(15(6)9-3)16(11-8-2)13-17-14(4)5/h14-17H,7-13H2,1-6H3. The van der Waals surface area contributed by atoms with Crippen LogP contribution in [-0.4, -0.2) is 36.1 Å². The van der Waals surface area contributed by atoms with E-state index in [1.165, 1.54) is 38.6 Å². The molecule has 0 radical (unpaired) electrons. The predicted molar refractivity (Wildman–Crippen MR) is 83.2 cm³/mol. The van der Waals surface area contributed by atoms with Crippen LogP contribution in [0.5, 0.6) is 0 Å². The van der Waals surface area contributed by atoms with E-state index >= 15 is 0 Å². The monoisotopic (exact) mass is 256 g/mol. The Hall–Kier alpha value is -0.0800. The molecule has 2 unspecified atom stereocenters. The second-order valence-electron chi connectivity index (χ2n) is 5.85. The Balaban J connectivity index is 4.50. The van der Waals surface area contributed by atoms with Gasteiger partial charge in [-0.15, -0.1) is 0 Å². The molecule has 0 saturated carbocycles. The largest absolute Gasteiger partial charge is 0.313 e. The van der Waals surface area contributed by atoms with E-state index in [1.807, 2.05) is 0 Å². The molecule has 0 aliphatic rings.